The van der Waals surface area contributed by atoms with Gasteiger partial charge in [0.05, 0.1) is 0 Å². The molecular formula is C14H14N4O4. The minimum absolute atomic E-state index is 0.239. The number of carbonyl (C=O) groups is 2. The second-order valence-corrected chi connectivity index (χ2v) is 4.81. The highest BCUT2D eigenvalue weighted by Crippen LogP contribution is 2.05. The normalized spacial score (nSPS) is 25.1. The molecule has 1 aromatic rings. The van der Waals surface area contributed by atoms with Crippen molar-refractivity contribution in [2.24, 2.45) is 9.98 Å². The highest BCUT2D eigenvalue weighted by atomic mass is 16.7. The molecule has 2 atom stereocenters. The minimum Gasteiger partial charge on any atom is -0.277 e. The van der Waals surface area contributed by atoms with Crippen LogP contribution in [0.4, 0.5) is 0 Å². The molecule has 0 aromatic heterocycles. The molecular weight excluding hydrogens is 288 g/mol. The third kappa shape index (κ3) is 3.35. The van der Waals surface area contributed by atoms with Crippen molar-refractivity contribution in [3.8, 4) is 0 Å². The molecule has 0 saturated carbocycles. The molecule has 0 spiro atoms. The molecule has 2 N–H and O–H groups in total. The Bertz CT molecular complexity index is 571. The van der Waals surface area contributed by atoms with Gasteiger partial charge in [-0.3, -0.25) is 29.2 Å². The van der Waals surface area contributed by atoms with Crippen LogP contribution in [0.3, 0.4) is 0 Å². The maximum Gasteiger partial charge on any atom is 0.270 e. The van der Waals surface area contributed by atoms with Crippen LogP contribution in [-0.2, 0) is 19.3 Å². The van der Waals surface area contributed by atoms with Crippen LogP contribution < -0.4 is 11.0 Å². The number of nitrogens with zero attached hydrogens (tertiary/aromatic N) is 2. The molecule has 0 aliphatic carbocycles. The van der Waals surface area contributed by atoms with E-state index in [0.717, 1.165) is 11.1 Å². The number of carbonyl (C=O) groups excluding carboxylic acids is 2. The molecule has 2 amide bonds. The molecule has 22 heavy (non-hydrogen) atoms. The Kier molecular flexibility index (Phi) is 4.22. The van der Waals surface area contributed by atoms with Crippen molar-refractivity contribution in [2.45, 2.75) is 12.1 Å². The Labute approximate surface area is 126 Å². The summed E-state index contributed by atoms with van der Waals surface area (Å²) in [7, 11) is 0. The van der Waals surface area contributed by atoms with Crippen LogP contribution in [0.2, 0.25) is 0 Å². The van der Waals surface area contributed by atoms with Crippen LogP contribution >= 0.6 is 0 Å². The summed E-state index contributed by atoms with van der Waals surface area (Å²) in [6.45, 7) is 0.483. The molecule has 0 unspecified atom stereocenters. The fourth-order valence-electron chi connectivity index (χ4n) is 1.91. The first kappa shape index (κ1) is 14.4. The van der Waals surface area contributed by atoms with Gasteiger partial charge in [0.15, 0.2) is 12.1 Å². The van der Waals surface area contributed by atoms with Crippen molar-refractivity contribution >= 4 is 24.2 Å². The van der Waals surface area contributed by atoms with Gasteiger partial charge in [-0.25, -0.2) is 11.0 Å². The number of hydroxylamine groups is 2. The molecule has 0 bridgehead atoms. The molecule has 2 saturated heterocycles. The van der Waals surface area contributed by atoms with Crippen molar-refractivity contribution in [1.82, 2.24) is 11.0 Å². The lowest BCUT2D eigenvalue weighted by Gasteiger charge is -1.99. The zero-order valence-electron chi connectivity index (χ0n) is 11.6. The Balaban J connectivity index is 1.60. The van der Waals surface area contributed by atoms with E-state index in [1.54, 1.807) is 12.4 Å². The summed E-state index contributed by atoms with van der Waals surface area (Å²) in [4.78, 5) is 40.5. The number of aliphatic imine (C=N–C) groups is 2. The third-order valence-electron chi connectivity index (χ3n) is 3.18. The van der Waals surface area contributed by atoms with Crippen LogP contribution in [0.25, 0.3) is 0 Å². The largest absolute Gasteiger partial charge is 0.277 e. The number of amides is 2. The van der Waals surface area contributed by atoms with E-state index in [0.29, 0.717) is 0 Å². The van der Waals surface area contributed by atoms with Gasteiger partial charge < -0.3 is 0 Å². The average molecular weight is 302 g/mol. The van der Waals surface area contributed by atoms with Gasteiger partial charge in [-0.2, -0.15) is 0 Å². The van der Waals surface area contributed by atoms with E-state index in [1.165, 1.54) is 0 Å². The zero-order valence-corrected chi connectivity index (χ0v) is 11.6. The van der Waals surface area contributed by atoms with Gasteiger partial charge in [-0.05, 0) is 11.1 Å². The fourth-order valence-corrected chi connectivity index (χ4v) is 1.91. The predicted molar refractivity (Wildman–Crippen MR) is 77.4 cm³/mol. The highest BCUT2D eigenvalue weighted by molar-refractivity contribution is 5.89. The molecule has 2 aliphatic rings. The van der Waals surface area contributed by atoms with Crippen molar-refractivity contribution < 1.29 is 19.3 Å². The first-order chi connectivity index (χ1) is 10.7. The van der Waals surface area contributed by atoms with Gasteiger partial charge >= 0.3 is 0 Å². The maximum absolute atomic E-state index is 11.3. The average Bonchev–Trinajstić information content (AvgIpc) is 3.12. The predicted octanol–water partition coefficient (Wildman–Crippen LogP) is -0.616. The molecule has 114 valence electrons. The van der Waals surface area contributed by atoms with Crippen LogP contribution in [0, 0.1) is 0 Å². The van der Waals surface area contributed by atoms with Crippen molar-refractivity contribution in [3.05, 3.63) is 35.4 Å². The highest BCUT2D eigenvalue weighted by Gasteiger charge is 2.24. The maximum atomic E-state index is 11.3. The molecule has 3 rings (SSSR count). The Morgan fingerprint density at radius 3 is 1.59 bits per heavy atom. The summed E-state index contributed by atoms with van der Waals surface area (Å²) in [5.41, 5.74) is 6.22. The molecule has 1 aromatic carbocycles. The SMILES string of the molecule is O=C1NOC[C@@H]1N=Cc1ccc(C=N[C@@H]2CONC2=O)cc1. The topological polar surface area (TPSA) is 101 Å². The van der Waals surface area contributed by atoms with E-state index < -0.39 is 12.1 Å². The van der Waals surface area contributed by atoms with E-state index in [9.17, 15) is 9.59 Å². The van der Waals surface area contributed by atoms with Gasteiger partial charge in [0.2, 0.25) is 0 Å². The molecule has 2 fully saturated rings. The summed E-state index contributed by atoms with van der Waals surface area (Å²) < 4.78 is 0. The van der Waals surface area contributed by atoms with Gasteiger partial charge in [-0.1, -0.05) is 24.3 Å². The lowest BCUT2D eigenvalue weighted by atomic mass is 10.1. The molecule has 2 heterocycles. The van der Waals surface area contributed by atoms with Crippen molar-refractivity contribution in [1.29, 1.82) is 0 Å². The van der Waals surface area contributed by atoms with Crippen LogP contribution in [0.1, 0.15) is 11.1 Å². The van der Waals surface area contributed by atoms with E-state index in [2.05, 4.69) is 20.9 Å². The number of nitrogens with one attached hydrogen (secondary N) is 2. The first-order valence-electron chi connectivity index (χ1n) is 6.72. The molecule has 0 radical (unpaired) electrons. The van der Waals surface area contributed by atoms with Gasteiger partial charge in [0, 0.05) is 12.4 Å². The first-order valence-corrected chi connectivity index (χ1v) is 6.72. The quantitative estimate of drug-likeness (QED) is 0.724. The fraction of sp³-hybridized carbons (Fsp3) is 0.286. The summed E-state index contributed by atoms with van der Waals surface area (Å²) >= 11 is 0. The summed E-state index contributed by atoms with van der Waals surface area (Å²) in [6, 6.07) is 6.41. The minimum atomic E-state index is -0.498. The van der Waals surface area contributed by atoms with Crippen molar-refractivity contribution in [3.63, 3.8) is 0 Å². The zero-order chi connectivity index (χ0) is 15.4. The van der Waals surface area contributed by atoms with Gasteiger partial charge in [-0.15, -0.1) is 0 Å². The number of benzene rings is 1. The number of rotatable bonds is 4. The second kappa shape index (κ2) is 6.46. The summed E-state index contributed by atoms with van der Waals surface area (Å²) in [5.74, 6) is -0.478. The Morgan fingerprint density at radius 2 is 1.27 bits per heavy atom. The van der Waals surface area contributed by atoms with E-state index in [1.807, 2.05) is 24.3 Å². The van der Waals surface area contributed by atoms with Crippen LogP contribution in [-0.4, -0.2) is 49.5 Å². The summed E-state index contributed by atoms with van der Waals surface area (Å²) in [5, 5.41) is 0. The molecule has 2 aliphatic heterocycles. The molecule has 8 heteroatoms. The monoisotopic (exact) mass is 302 g/mol. The van der Waals surface area contributed by atoms with Gasteiger partial charge in [0.1, 0.15) is 13.2 Å². The summed E-state index contributed by atoms with van der Waals surface area (Å²) in [6.07, 6.45) is 3.25. The third-order valence-corrected chi connectivity index (χ3v) is 3.18. The van der Waals surface area contributed by atoms with E-state index >= 15 is 0 Å². The van der Waals surface area contributed by atoms with E-state index in [4.69, 9.17) is 9.68 Å². The lowest BCUT2D eigenvalue weighted by molar-refractivity contribution is -0.125. The van der Waals surface area contributed by atoms with Crippen LogP contribution in [0.15, 0.2) is 34.3 Å². The van der Waals surface area contributed by atoms with Crippen molar-refractivity contribution in [2.75, 3.05) is 13.2 Å². The Morgan fingerprint density at radius 1 is 0.864 bits per heavy atom. The smallest absolute Gasteiger partial charge is 0.270 e. The van der Waals surface area contributed by atoms with Crippen LogP contribution in [0.5, 0.6) is 0 Å². The standard InChI is InChI=1S/C14H14N4O4/c19-13-11(7-21-17-13)15-5-9-1-2-10(4-3-9)6-16-12-8-22-18-14(12)20/h1-6,11-12H,7-8H2,(H,17,19)(H,18,20)/t11-,12+. The Hall–Kier alpha value is -2.58. The second-order valence-electron chi connectivity index (χ2n) is 4.81. The lowest BCUT2D eigenvalue weighted by Crippen LogP contribution is -2.21. The number of hydrogen-bond donors (Lipinski definition) is 2. The molecule has 8 nitrogen and oxygen atoms in total. The number of hydrogen-bond acceptors (Lipinski definition) is 6. The van der Waals surface area contributed by atoms with E-state index in [-0.39, 0.29) is 25.0 Å². The van der Waals surface area contributed by atoms with Gasteiger partial charge in [0.25, 0.3) is 11.8 Å².